The number of rotatable bonds is 7. The lowest BCUT2D eigenvalue weighted by molar-refractivity contribution is 1.45. The molecule has 236 valence electrons. The van der Waals surface area contributed by atoms with Gasteiger partial charge in [0.15, 0.2) is 5.84 Å². The number of hydrogen-bond acceptors (Lipinski definition) is 1. The van der Waals surface area contributed by atoms with Crippen molar-refractivity contribution in [3.05, 3.63) is 212 Å². The molecule has 2 nitrogen and oxygen atoms in total. The summed E-state index contributed by atoms with van der Waals surface area (Å²) >= 11 is 0. The molecule has 0 N–H and O–H groups in total. The molecule has 0 atom stereocenters. The monoisotopic (exact) mass is 638 g/mol. The lowest BCUT2D eigenvalue weighted by Crippen LogP contribution is -2.05. The molecule has 0 bridgehead atoms. The standard InChI is InChI=1S/C48H34N2/c1-3-47(39-22-14-20-36(30-39)35-18-8-5-9-19-35)50-48(49-33(2)34-16-6-4-7-17-34)40-23-15-21-37(31-40)38-28-29-45-43-26-11-10-24-41(43)42-25-12-13-27-44(42)46(45)32-38/h3-32H,1-2H2/b49-48-,50-47+. The van der Waals surface area contributed by atoms with E-state index in [0.29, 0.717) is 11.5 Å². The van der Waals surface area contributed by atoms with Crippen molar-refractivity contribution in [2.45, 2.75) is 0 Å². The van der Waals surface area contributed by atoms with E-state index in [1.54, 1.807) is 6.08 Å². The first-order valence-corrected chi connectivity index (χ1v) is 16.8. The Morgan fingerprint density at radius 2 is 0.840 bits per heavy atom. The lowest BCUT2D eigenvalue weighted by Gasteiger charge is -2.13. The van der Waals surface area contributed by atoms with E-state index in [1.165, 1.54) is 32.3 Å². The zero-order valence-corrected chi connectivity index (χ0v) is 27.6. The molecule has 0 aliphatic heterocycles. The van der Waals surface area contributed by atoms with Crippen LogP contribution in [0.5, 0.6) is 0 Å². The minimum atomic E-state index is 0.568. The molecule has 8 aromatic carbocycles. The Morgan fingerprint density at radius 1 is 0.380 bits per heavy atom. The smallest absolute Gasteiger partial charge is 0.160 e. The number of nitrogens with zero attached hydrogens (tertiary/aromatic N) is 2. The Balaban J connectivity index is 1.26. The second-order valence-electron chi connectivity index (χ2n) is 12.3. The van der Waals surface area contributed by atoms with Crippen molar-refractivity contribution in [2.24, 2.45) is 9.98 Å². The minimum absolute atomic E-state index is 0.568. The van der Waals surface area contributed by atoms with Crippen LogP contribution in [0.15, 0.2) is 205 Å². The summed E-state index contributed by atoms with van der Waals surface area (Å²) in [6.45, 7) is 8.49. The van der Waals surface area contributed by atoms with Gasteiger partial charge in [-0.05, 0) is 84.4 Å². The number of allylic oxidation sites excluding steroid dienone is 1. The van der Waals surface area contributed by atoms with Gasteiger partial charge in [-0.25, -0.2) is 9.98 Å². The summed E-state index contributed by atoms with van der Waals surface area (Å²) < 4.78 is 0. The molecule has 0 saturated heterocycles. The third kappa shape index (κ3) is 5.96. The van der Waals surface area contributed by atoms with Gasteiger partial charge in [-0.1, -0.05) is 171 Å². The highest BCUT2D eigenvalue weighted by Crippen LogP contribution is 2.37. The van der Waals surface area contributed by atoms with E-state index in [1.807, 2.05) is 36.4 Å². The second-order valence-corrected chi connectivity index (χ2v) is 12.3. The molecular formula is C48H34N2. The quantitative estimate of drug-likeness (QED) is 0.0943. The summed E-state index contributed by atoms with van der Waals surface area (Å²) in [5, 5.41) is 7.53. The van der Waals surface area contributed by atoms with E-state index < -0.39 is 0 Å². The Hall–Kier alpha value is -6.64. The van der Waals surface area contributed by atoms with E-state index in [0.717, 1.165) is 44.7 Å². The fraction of sp³-hybridized carbons (Fsp3) is 0. The van der Waals surface area contributed by atoms with Crippen molar-refractivity contribution in [1.29, 1.82) is 0 Å². The summed E-state index contributed by atoms with van der Waals surface area (Å²) in [6, 6.07) is 61.4. The van der Waals surface area contributed by atoms with Crippen molar-refractivity contribution in [3.63, 3.8) is 0 Å². The number of fused-ring (bicyclic) bond motifs is 6. The van der Waals surface area contributed by atoms with Crippen molar-refractivity contribution in [3.8, 4) is 22.3 Å². The zero-order valence-electron chi connectivity index (χ0n) is 27.6. The molecule has 0 aliphatic rings. The summed E-state index contributed by atoms with van der Waals surface area (Å²) in [4.78, 5) is 10.2. The highest BCUT2D eigenvalue weighted by atomic mass is 14.9. The van der Waals surface area contributed by atoms with Gasteiger partial charge in [0.05, 0.1) is 11.4 Å². The van der Waals surface area contributed by atoms with E-state index in [4.69, 9.17) is 9.98 Å². The van der Waals surface area contributed by atoms with Crippen LogP contribution in [0.3, 0.4) is 0 Å². The third-order valence-electron chi connectivity index (χ3n) is 9.23. The maximum atomic E-state index is 5.18. The van der Waals surface area contributed by atoms with Gasteiger partial charge < -0.3 is 0 Å². The average Bonchev–Trinajstić information content (AvgIpc) is 3.20. The molecule has 8 aromatic rings. The molecule has 2 heteroatoms. The number of benzene rings is 8. The van der Waals surface area contributed by atoms with Gasteiger partial charge in [-0.2, -0.15) is 0 Å². The molecule has 0 unspecified atom stereocenters. The van der Waals surface area contributed by atoms with Crippen LogP contribution in [-0.2, 0) is 0 Å². The van der Waals surface area contributed by atoms with Crippen LogP contribution in [0.25, 0.3) is 60.3 Å². The van der Waals surface area contributed by atoms with E-state index in [-0.39, 0.29) is 0 Å². The molecule has 8 rings (SSSR count). The van der Waals surface area contributed by atoms with Gasteiger partial charge in [-0.3, -0.25) is 0 Å². The molecule has 0 fully saturated rings. The van der Waals surface area contributed by atoms with Gasteiger partial charge in [-0.15, -0.1) is 0 Å². The molecule has 0 heterocycles. The first kappa shape index (κ1) is 30.7. The topological polar surface area (TPSA) is 24.7 Å². The summed E-state index contributed by atoms with van der Waals surface area (Å²) in [6.07, 6.45) is 1.80. The van der Waals surface area contributed by atoms with Crippen LogP contribution in [0, 0.1) is 0 Å². The summed E-state index contributed by atoms with van der Waals surface area (Å²) in [5.41, 5.74) is 8.64. The van der Waals surface area contributed by atoms with E-state index in [2.05, 4.69) is 153 Å². The molecule has 0 amide bonds. The Bertz CT molecular complexity index is 2580. The summed E-state index contributed by atoms with van der Waals surface area (Å²) in [7, 11) is 0. The zero-order chi connectivity index (χ0) is 33.9. The van der Waals surface area contributed by atoms with Crippen LogP contribution in [0.1, 0.15) is 16.7 Å². The predicted molar refractivity (Wildman–Crippen MR) is 215 cm³/mol. The van der Waals surface area contributed by atoms with Crippen LogP contribution in [0.4, 0.5) is 0 Å². The molecule has 0 aliphatic carbocycles. The van der Waals surface area contributed by atoms with Gasteiger partial charge in [0, 0.05) is 11.1 Å². The third-order valence-corrected chi connectivity index (χ3v) is 9.23. The molecule has 0 saturated carbocycles. The molecule has 0 aromatic heterocycles. The van der Waals surface area contributed by atoms with Gasteiger partial charge in [0.2, 0.25) is 0 Å². The molecular weight excluding hydrogens is 605 g/mol. The fourth-order valence-electron chi connectivity index (χ4n) is 6.73. The largest absolute Gasteiger partial charge is 0.229 e. The van der Waals surface area contributed by atoms with Crippen LogP contribution in [-0.4, -0.2) is 11.5 Å². The SMILES string of the molecule is C=C/C(=N\C(=N/C(=C)c1ccccc1)c1cccc(-c2ccc3c4ccccc4c4ccccc4c3c2)c1)c1cccc(-c2ccccc2)c1. The van der Waals surface area contributed by atoms with Crippen LogP contribution < -0.4 is 0 Å². The Labute approximate surface area is 292 Å². The number of amidine groups is 1. The lowest BCUT2D eigenvalue weighted by atomic mass is 9.92. The highest BCUT2D eigenvalue weighted by molar-refractivity contribution is 6.26. The van der Waals surface area contributed by atoms with Crippen molar-refractivity contribution in [1.82, 2.24) is 0 Å². The van der Waals surface area contributed by atoms with Gasteiger partial charge in [0.1, 0.15) is 0 Å². The van der Waals surface area contributed by atoms with E-state index in [9.17, 15) is 0 Å². The number of hydrogen-bond donors (Lipinski definition) is 0. The fourth-order valence-corrected chi connectivity index (χ4v) is 6.73. The first-order valence-electron chi connectivity index (χ1n) is 16.8. The van der Waals surface area contributed by atoms with Crippen molar-refractivity contribution < 1.29 is 0 Å². The maximum Gasteiger partial charge on any atom is 0.160 e. The van der Waals surface area contributed by atoms with Crippen molar-refractivity contribution >= 4 is 49.6 Å². The second kappa shape index (κ2) is 13.5. The maximum absolute atomic E-state index is 5.18. The molecule has 50 heavy (non-hydrogen) atoms. The average molecular weight is 639 g/mol. The van der Waals surface area contributed by atoms with Gasteiger partial charge >= 0.3 is 0 Å². The van der Waals surface area contributed by atoms with Crippen LogP contribution >= 0.6 is 0 Å². The Kier molecular flexibility index (Phi) is 8.26. The highest BCUT2D eigenvalue weighted by Gasteiger charge is 2.13. The number of aliphatic imine (C=N–C) groups is 2. The normalized spacial score (nSPS) is 12.0. The first-order chi connectivity index (χ1) is 24.7. The Morgan fingerprint density at radius 3 is 1.48 bits per heavy atom. The van der Waals surface area contributed by atoms with Crippen LogP contribution in [0.2, 0.25) is 0 Å². The predicted octanol–water partition coefficient (Wildman–Crippen LogP) is 12.6. The minimum Gasteiger partial charge on any atom is -0.229 e. The van der Waals surface area contributed by atoms with E-state index >= 15 is 0 Å². The molecule has 0 spiro atoms. The molecule has 0 radical (unpaired) electrons. The van der Waals surface area contributed by atoms with Gasteiger partial charge in [0.25, 0.3) is 0 Å². The van der Waals surface area contributed by atoms with Crippen molar-refractivity contribution in [2.75, 3.05) is 0 Å². The summed E-state index contributed by atoms with van der Waals surface area (Å²) in [5.74, 6) is 0.568.